The Balaban J connectivity index is 2.19. The fourth-order valence-corrected chi connectivity index (χ4v) is 4.82. The van der Waals surface area contributed by atoms with E-state index in [9.17, 15) is 22.8 Å². The molecule has 0 saturated heterocycles. The number of ether oxygens (including phenoxy) is 2. The Morgan fingerprint density at radius 2 is 1.00 bits per heavy atom. The number of esters is 2. The molecule has 0 aromatic heterocycles. The first kappa shape index (κ1) is 35.0. The number of halogens is 3. The van der Waals surface area contributed by atoms with Crippen LogP contribution < -0.4 is 0 Å². The summed E-state index contributed by atoms with van der Waals surface area (Å²) in [6, 6.07) is 1.05. The Kier molecular flexibility index (Phi) is 18.7. The van der Waals surface area contributed by atoms with E-state index in [4.69, 9.17) is 9.47 Å². The molecule has 1 rings (SSSR count). The van der Waals surface area contributed by atoms with Crippen molar-refractivity contribution in [3.05, 3.63) is 35.1 Å². The van der Waals surface area contributed by atoms with Crippen LogP contribution in [0.4, 0.5) is 13.2 Å². The molecule has 0 radical (unpaired) electrons. The van der Waals surface area contributed by atoms with E-state index in [0.717, 1.165) is 19.3 Å². The van der Waals surface area contributed by atoms with E-state index in [-0.39, 0.29) is 25.0 Å². The number of hydrogen-bond donors (Lipinski definition) is 0. The number of benzene rings is 1. The zero-order valence-corrected chi connectivity index (χ0v) is 24.6. The third-order valence-corrected chi connectivity index (χ3v) is 7.67. The van der Waals surface area contributed by atoms with Crippen LogP contribution in [0.2, 0.25) is 0 Å². The van der Waals surface area contributed by atoms with Crippen LogP contribution >= 0.6 is 0 Å². The number of unbranched alkanes of at least 4 members (excludes halogenated alkanes) is 15. The average Bonchev–Trinajstić information content (AvgIpc) is 2.92. The van der Waals surface area contributed by atoms with Crippen molar-refractivity contribution in [2.45, 2.75) is 143 Å². The van der Waals surface area contributed by atoms with Crippen molar-refractivity contribution in [2.75, 3.05) is 6.61 Å². The van der Waals surface area contributed by atoms with Crippen molar-refractivity contribution >= 4 is 11.9 Å². The lowest BCUT2D eigenvalue weighted by Crippen LogP contribution is -2.41. The van der Waals surface area contributed by atoms with E-state index < -0.39 is 41.4 Å². The standard InChI is InChI=1S/C32H51F3O4/c1-4-7-8-9-10-11-12-13-14-15-16-17-18-19-20-21-22-38-30(36)32(5-2,6-3)31(37)39-25-26-23-28(34)29(35)24-27(26)33/h23-24H,4-22,25H2,1-3H3. The van der Waals surface area contributed by atoms with E-state index in [1.807, 2.05) is 0 Å². The van der Waals surface area contributed by atoms with Gasteiger partial charge in [-0.2, -0.15) is 0 Å². The highest BCUT2D eigenvalue weighted by molar-refractivity contribution is 6.00. The molecule has 0 bridgehead atoms. The van der Waals surface area contributed by atoms with Gasteiger partial charge in [0.1, 0.15) is 12.4 Å². The lowest BCUT2D eigenvalue weighted by Gasteiger charge is -2.27. The van der Waals surface area contributed by atoms with E-state index in [1.54, 1.807) is 13.8 Å². The Bertz CT molecular complexity index is 824. The molecule has 0 spiro atoms. The molecule has 0 amide bonds. The van der Waals surface area contributed by atoms with Gasteiger partial charge in [-0.05, 0) is 25.3 Å². The second kappa shape index (κ2) is 20.8. The van der Waals surface area contributed by atoms with Gasteiger partial charge < -0.3 is 9.47 Å². The summed E-state index contributed by atoms with van der Waals surface area (Å²) in [5.74, 6) is -5.10. The van der Waals surface area contributed by atoms with Crippen LogP contribution in [0.15, 0.2) is 12.1 Å². The van der Waals surface area contributed by atoms with E-state index >= 15 is 0 Å². The Labute approximate surface area is 234 Å². The van der Waals surface area contributed by atoms with Crippen LogP contribution in [-0.2, 0) is 25.7 Å². The fraction of sp³-hybridized carbons (Fsp3) is 0.750. The van der Waals surface area contributed by atoms with Gasteiger partial charge in [-0.25, -0.2) is 13.2 Å². The first-order valence-corrected chi connectivity index (χ1v) is 15.3. The lowest BCUT2D eigenvalue weighted by molar-refractivity contribution is -0.174. The molecule has 0 aliphatic carbocycles. The van der Waals surface area contributed by atoms with Crippen molar-refractivity contribution in [1.82, 2.24) is 0 Å². The number of rotatable bonds is 23. The summed E-state index contributed by atoms with van der Waals surface area (Å²) in [5.41, 5.74) is -1.81. The molecule has 0 heterocycles. The molecule has 0 aliphatic heterocycles. The smallest absolute Gasteiger partial charge is 0.323 e. The molecule has 7 heteroatoms. The van der Waals surface area contributed by atoms with Crippen LogP contribution in [-0.4, -0.2) is 18.5 Å². The molecule has 0 N–H and O–H groups in total. The van der Waals surface area contributed by atoms with Gasteiger partial charge in [-0.1, -0.05) is 117 Å². The Morgan fingerprint density at radius 3 is 1.46 bits per heavy atom. The largest absolute Gasteiger partial charge is 0.465 e. The van der Waals surface area contributed by atoms with Crippen LogP contribution in [0.25, 0.3) is 0 Å². The van der Waals surface area contributed by atoms with Gasteiger partial charge in [-0.15, -0.1) is 0 Å². The summed E-state index contributed by atoms with van der Waals surface area (Å²) in [5, 5.41) is 0. The van der Waals surface area contributed by atoms with Crippen molar-refractivity contribution in [3.63, 3.8) is 0 Å². The van der Waals surface area contributed by atoms with Crippen LogP contribution in [0.1, 0.15) is 142 Å². The molecule has 4 nitrogen and oxygen atoms in total. The SMILES string of the molecule is CCCCCCCCCCCCCCCCCCOC(=O)C(CC)(CC)C(=O)OCc1cc(F)c(F)cc1F. The topological polar surface area (TPSA) is 52.6 Å². The van der Waals surface area contributed by atoms with Crippen LogP contribution in [0.5, 0.6) is 0 Å². The first-order valence-electron chi connectivity index (χ1n) is 15.3. The minimum atomic E-state index is -1.51. The van der Waals surface area contributed by atoms with Crippen molar-refractivity contribution in [2.24, 2.45) is 5.41 Å². The third kappa shape index (κ3) is 13.2. The van der Waals surface area contributed by atoms with Gasteiger partial charge in [0.05, 0.1) is 6.61 Å². The van der Waals surface area contributed by atoms with Gasteiger partial charge in [-0.3, -0.25) is 9.59 Å². The highest BCUT2D eigenvalue weighted by atomic mass is 19.2. The van der Waals surface area contributed by atoms with E-state index in [2.05, 4.69) is 6.92 Å². The van der Waals surface area contributed by atoms with Crippen LogP contribution in [0.3, 0.4) is 0 Å². The molecule has 0 aliphatic rings. The molecule has 0 saturated carbocycles. The van der Waals surface area contributed by atoms with Gasteiger partial charge in [0.25, 0.3) is 0 Å². The summed E-state index contributed by atoms with van der Waals surface area (Å²) < 4.78 is 51.0. The quantitative estimate of drug-likeness (QED) is 0.0583. The maximum Gasteiger partial charge on any atom is 0.323 e. The van der Waals surface area contributed by atoms with Gasteiger partial charge in [0.15, 0.2) is 17.0 Å². The third-order valence-electron chi connectivity index (χ3n) is 7.67. The minimum absolute atomic E-state index is 0.153. The highest BCUT2D eigenvalue weighted by Crippen LogP contribution is 2.31. The molecule has 39 heavy (non-hydrogen) atoms. The maximum atomic E-state index is 13.9. The molecule has 224 valence electrons. The highest BCUT2D eigenvalue weighted by Gasteiger charge is 2.46. The van der Waals surface area contributed by atoms with Gasteiger partial charge >= 0.3 is 11.9 Å². The number of carbonyl (C=O) groups excluding carboxylic acids is 2. The molecule has 0 fully saturated rings. The summed E-state index contributed by atoms with van der Waals surface area (Å²) in [7, 11) is 0. The molecular formula is C32H51F3O4. The number of hydrogen-bond acceptors (Lipinski definition) is 4. The van der Waals surface area contributed by atoms with Crippen molar-refractivity contribution < 1.29 is 32.2 Å². The summed E-state index contributed by atoms with van der Waals surface area (Å²) in [4.78, 5) is 25.6. The summed E-state index contributed by atoms with van der Waals surface area (Å²) in [6.45, 7) is 5.24. The molecular weight excluding hydrogens is 505 g/mol. The van der Waals surface area contributed by atoms with Crippen LogP contribution in [0, 0.1) is 22.9 Å². The maximum absolute atomic E-state index is 13.9. The summed E-state index contributed by atoms with van der Waals surface area (Å²) >= 11 is 0. The lowest BCUT2D eigenvalue weighted by atomic mass is 9.82. The predicted octanol–water partition coefficient (Wildman–Crippen LogP) is 9.76. The van der Waals surface area contributed by atoms with Crippen molar-refractivity contribution in [1.29, 1.82) is 0 Å². The minimum Gasteiger partial charge on any atom is -0.465 e. The second-order valence-electron chi connectivity index (χ2n) is 10.7. The molecule has 1 aromatic rings. The normalized spacial score (nSPS) is 11.5. The van der Waals surface area contributed by atoms with E-state index in [0.29, 0.717) is 12.1 Å². The molecule has 0 atom stereocenters. The van der Waals surface area contributed by atoms with E-state index in [1.165, 1.54) is 83.5 Å². The average molecular weight is 557 g/mol. The van der Waals surface area contributed by atoms with Gasteiger partial charge in [0.2, 0.25) is 0 Å². The molecule has 1 aromatic carbocycles. The Morgan fingerprint density at radius 1 is 0.590 bits per heavy atom. The fourth-order valence-electron chi connectivity index (χ4n) is 4.82. The number of carbonyl (C=O) groups is 2. The summed E-state index contributed by atoms with van der Waals surface area (Å²) in [6.07, 6.45) is 20.3. The zero-order chi connectivity index (χ0) is 28.9. The molecule has 0 unspecified atom stereocenters. The van der Waals surface area contributed by atoms with Crippen molar-refractivity contribution in [3.8, 4) is 0 Å². The van der Waals surface area contributed by atoms with Gasteiger partial charge in [0, 0.05) is 11.6 Å². The zero-order valence-electron chi connectivity index (χ0n) is 24.6. The Hall–Kier alpha value is -2.05. The second-order valence-corrected chi connectivity index (χ2v) is 10.7. The first-order chi connectivity index (χ1) is 18.8. The predicted molar refractivity (Wildman–Crippen MR) is 150 cm³/mol. The monoisotopic (exact) mass is 556 g/mol.